The van der Waals surface area contributed by atoms with Gasteiger partial charge in [0.15, 0.2) is 0 Å². The molecular weight excluding hydrogens is 188 g/mol. The first-order valence-corrected chi connectivity index (χ1v) is 2.99. The molecule has 1 aromatic heterocycles. The van der Waals surface area contributed by atoms with E-state index >= 15 is 0 Å². The van der Waals surface area contributed by atoms with Gasteiger partial charge in [-0.3, -0.25) is 0 Å². The van der Waals surface area contributed by atoms with Crippen LogP contribution in [0.5, 0.6) is 5.88 Å². The van der Waals surface area contributed by atoms with Crippen molar-refractivity contribution < 1.29 is 9.26 Å². The van der Waals surface area contributed by atoms with Crippen LogP contribution in [-0.4, -0.2) is 12.3 Å². The van der Waals surface area contributed by atoms with Gasteiger partial charge in [0.2, 0.25) is 5.88 Å². The largest absolute Gasteiger partial charge is 0.478 e. The number of ether oxygens (including phenoxy) is 1. The Morgan fingerprint density at radius 3 is 2.67 bits per heavy atom. The van der Waals surface area contributed by atoms with E-state index in [2.05, 4.69) is 25.6 Å². The van der Waals surface area contributed by atoms with Crippen molar-refractivity contribution in [1.29, 1.82) is 0 Å². The zero-order valence-corrected chi connectivity index (χ0v) is 6.31. The number of halogens is 1. The number of nitrogens with zero attached hydrogens (tertiary/aromatic N) is 1. The Morgan fingerprint density at radius 2 is 2.44 bits per heavy atom. The number of hydrogen-bond acceptors (Lipinski definition) is 4. The molecule has 5 heteroatoms. The molecule has 0 atom stereocenters. The minimum Gasteiger partial charge on any atom is -0.478 e. The molecule has 9 heavy (non-hydrogen) atoms. The van der Waals surface area contributed by atoms with E-state index in [0.29, 0.717) is 10.4 Å². The molecule has 0 aliphatic heterocycles. The van der Waals surface area contributed by atoms with Crippen LogP contribution in [0.4, 0.5) is 5.88 Å². The molecule has 0 bridgehead atoms. The molecule has 0 aliphatic carbocycles. The van der Waals surface area contributed by atoms with E-state index in [1.807, 2.05) is 0 Å². The number of hydrogen-bond donors (Lipinski definition) is 1. The predicted molar refractivity (Wildman–Crippen MR) is 35.2 cm³/mol. The van der Waals surface area contributed by atoms with Gasteiger partial charge in [-0.2, -0.15) is 0 Å². The van der Waals surface area contributed by atoms with Crippen molar-refractivity contribution in [3.63, 3.8) is 0 Å². The Balaban J connectivity index is 3.04. The van der Waals surface area contributed by atoms with Gasteiger partial charge in [0.25, 0.3) is 5.88 Å². The number of aromatic nitrogens is 1. The van der Waals surface area contributed by atoms with E-state index in [1.54, 1.807) is 0 Å². The number of nitrogens with two attached hydrogens (primary N) is 1. The van der Waals surface area contributed by atoms with Gasteiger partial charge in [0, 0.05) is 0 Å². The normalized spacial score (nSPS) is 9.56. The zero-order chi connectivity index (χ0) is 6.85. The molecule has 0 aliphatic rings. The van der Waals surface area contributed by atoms with Crippen LogP contribution < -0.4 is 10.5 Å². The quantitative estimate of drug-likeness (QED) is 0.723. The summed E-state index contributed by atoms with van der Waals surface area (Å²) in [6.45, 7) is 0. The van der Waals surface area contributed by atoms with Crippen molar-refractivity contribution in [2.24, 2.45) is 0 Å². The SMILES string of the molecule is COc1noc(N)c1Br. The van der Waals surface area contributed by atoms with Gasteiger partial charge >= 0.3 is 0 Å². The Labute approximate surface area is 60.1 Å². The summed E-state index contributed by atoms with van der Waals surface area (Å²) in [6.07, 6.45) is 0. The maximum absolute atomic E-state index is 5.26. The molecule has 0 amide bonds. The first-order valence-electron chi connectivity index (χ1n) is 2.20. The molecule has 0 unspecified atom stereocenters. The molecule has 1 aromatic rings. The summed E-state index contributed by atoms with van der Waals surface area (Å²) >= 11 is 3.10. The molecule has 0 radical (unpaired) electrons. The van der Waals surface area contributed by atoms with Gasteiger partial charge < -0.3 is 15.0 Å². The Kier molecular flexibility index (Phi) is 1.61. The summed E-state index contributed by atoms with van der Waals surface area (Å²) in [4.78, 5) is 0. The van der Waals surface area contributed by atoms with Gasteiger partial charge in [0.05, 0.1) is 7.11 Å². The summed E-state index contributed by atoms with van der Waals surface area (Å²) in [5.41, 5.74) is 5.26. The summed E-state index contributed by atoms with van der Waals surface area (Å²) in [5.74, 6) is 0.597. The average Bonchev–Trinajstić information content (AvgIpc) is 2.15. The molecule has 0 saturated heterocycles. The number of nitrogen functional groups attached to an aromatic ring is 1. The van der Waals surface area contributed by atoms with Crippen molar-refractivity contribution in [3.8, 4) is 5.88 Å². The van der Waals surface area contributed by atoms with Crippen molar-refractivity contribution in [2.75, 3.05) is 12.8 Å². The Morgan fingerprint density at radius 1 is 1.78 bits per heavy atom. The molecule has 1 rings (SSSR count). The smallest absolute Gasteiger partial charge is 0.270 e. The molecule has 0 saturated carbocycles. The lowest BCUT2D eigenvalue weighted by Crippen LogP contribution is -1.83. The van der Waals surface area contributed by atoms with E-state index in [9.17, 15) is 0 Å². The summed E-state index contributed by atoms with van der Waals surface area (Å²) in [6, 6.07) is 0. The monoisotopic (exact) mass is 192 g/mol. The molecule has 0 spiro atoms. The second kappa shape index (κ2) is 2.26. The number of anilines is 1. The average molecular weight is 193 g/mol. The van der Waals surface area contributed by atoms with E-state index in [1.165, 1.54) is 7.11 Å². The van der Waals surface area contributed by atoms with Crippen LogP contribution >= 0.6 is 15.9 Å². The van der Waals surface area contributed by atoms with E-state index in [-0.39, 0.29) is 5.88 Å². The fourth-order valence-electron chi connectivity index (χ4n) is 0.403. The van der Waals surface area contributed by atoms with Crippen LogP contribution in [0.3, 0.4) is 0 Å². The van der Waals surface area contributed by atoms with Crippen LogP contribution in [0.1, 0.15) is 0 Å². The van der Waals surface area contributed by atoms with Crippen molar-refractivity contribution >= 4 is 21.8 Å². The van der Waals surface area contributed by atoms with Crippen molar-refractivity contribution in [2.45, 2.75) is 0 Å². The predicted octanol–water partition coefficient (Wildman–Crippen LogP) is 1.03. The number of rotatable bonds is 1. The van der Waals surface area contributed by atoms with Gasteiger partial charge in [-0.05, 0) is 21.1 Å². The van der Waals surface area contributed by atoms with Crippen LogP contribution in [0.25, 0.3) is 0 Å². The maximum atomic E-state index is 5.26. The Bertz CT molecular complexity index is 210. The van der Waals surface area contributed by atoms with Crippen molar-refractivity contribution in [3.05, 3.63) is 4.47 Å². The molecule has 0 aromatic carbocycles. The highest BCUT2D eigenvalue weighted by molar-refractivity contribution is 9.10. The summed E-state index contributed by atoms with van der Waals surface area (Å²) < 4.78 is 9.84. The first-order chi connectivity index (χ1) is 4.25. The minimum atomic E-state index is 0.229. The minimum absolute atomic E-state index is 0.229. The number of methoxy groups -OCH3 is 1. The fourth-order valence-corrected chi connectivity index (χ4v) is 0.710. The van der Waals surface area contributed by atoms with Gasteiger partial charge in [-0.1, -0.05) is 0 Å². The third-order valence-electron chi connectivity index (χ3n) is 0.824. The van der Waals surface area contributed by atoms with E-state index in [4.69, 9.17) is 10.5 Å². The standard InChI is InChI=1S/C4H5BrN2O2/c1-8-4-2(5)3(6)9-7-4/h6H2,1H3. The Hall–Kier alpha value is -0.710. The lowest BCUT2D eigenvalue weighted by molar-refractivity contribution is 0.343. The van der Waals surface area contributed by atoms with Crippen molar-refractivity contribution in [1.82, 2.24) is 5.16 Å². The van der Waals surface area contributed by atoms with Gasteiger partial charge in [0.1, 0.15) is 4.47 Å². The highest BCUT2D eigenvalue weighted by Crippen LogP contribution is 2.28. The topological polar surface area (TPSA) is 61.3 Å². The highest BCUT2D eigenvalue weighted by atomic mass is 79.9. The van der Waals surface area contributed by atoms with Crippen LogP contribution in [0, 0.1) is 0 Å². The molecule has 1 heterocycles. The second-order valence-electron chi connectivity index (χ2n) is 1.37. The molecule has 0 fully saturated rings. The molecular formula is C4H5BrN2O2. The van der Waals surface area contributed by atoms with Gasteiger partial charge in [-0.25, -0.2) is 0 Å². The van der Waals surface area contributed by atoms with Crippen LogP contribution in [-0.2, 0) is 0 Å². The summed E-state index contributed by atoms with van der Waals surface area (Å²) in [7, 11) is 1.49. The van der Waals surface area contributed by atoms with Crippen LogP contribution in [0.15, 0.2) is 9.00 Å². The molecule has 50 valence electrons. The van der Waals surface area contributed by atoms with Crippen LogP contribution in [0.2, 0.25) is 0 Å². The third-order valence-corrected chi connectivity index (χ3v) is 1.55. The summed E-state index contributed by atoms with van der Waals surface area (Å²) in [5, 5.41) is 3.46. The van der Waals surface area contributed by atoms with Gasteiger partial charge in [-0.15, -0.1) is 0 Å². The first kappa shape index (κ1) is 6.41. The fraction of sp³-hybridized carbons (Fsp3) is 0.250. The third kappa shape index (κ3) is 0.999. The second-order valence-corrected chi connectivity index (χ2v) is 2.16. The molecule has 2 N–H and O–H groups in total. The molecule has 4 nitrogen and oxygen atoms in total. The zero-order valence-electron chi connectivity index (χ0n) is 4.72. The maximum Gasteiger partial charge on any atom is 0.270 e. The van der Waals surface area contributed by atoms with E-state index < -0.39 is 0 Å². The lowest BCUT2D eigenvalue weighted by Gasteiger charge is -1.87. The lowest BCUT2D eigenvalue weighted by atomic mass is 10.6. The van der Waals surface area contributed by atoms with E-state index in [0.717, 1.165) is 0 Å². The highest BCUT2D eigenvalue weighted by Gasteiger charge is 2.08.